The average Bonchev–Trinajstić information content (AvgIpc) is 1.70. The first-order valence-corrected chi connectivity index (χ1v) is 34.7. The van der Waals surface area contributed by atoms with Crippen molar-refractivity contribution in [1.82, 2.24) is 0 Å². The lowest BCUT2D eigenvalue weighted by Gasteiger charge is -2.59. The molecule has 6 aliphatic heterocycles. The third-order valence-electron chi connectivity index (χ3n) is 22.4. The van der Waals surface area contributed by atoms with E-state index in [1.165, 1.54) is 26.3 Å². The maximum atomic E-state index is 13.2. The van der Waals surface area contributed by atoms with E-state index in [-0.39, 0.29) is 53.6 Å². The van der Waals surface area contributed by atoms with Crippen molar-refractivity contribution in [3.05, 3.63) is 11.6 Å². The Balaban J connectivity index is 0.899. The molecular weight excluding hydrogens is 1290 g/mol. The van der Waals surface area contributed by atoms with Crippen LogP contribution in [0.2, 0.25) is 0 Å². The van der Waals surface area contributed by atoms with Crippen LogP contribution in [0.3, 0.4) is 0 Å². The van der Waals surface area contributed by atoms with Crippen LogP contribution in [-0.4, -0.2) is 306 Å². The Hall–Kier alpha value is -1.80. The second kappa shape index (κ2) is 30.3. The van der Waals surface area contributed by atoms with Gasteiger partial charge < -0.3 is 133 Å². The number of aliphatic hydroxyl groups excluding tert-OH is 15. The van der Waals surface area contributed by atoms with Crippen LogP contribution in [0, 0.1) is 46.3 Å². The first-order chi connectivity index (χ1) is 44.6. The molecule has 33 heteroatoms. The number of fused-ring (bicyclic) bond motifs is 5. The number of ether oxygens (including phenoxy) is 12. The van der Waals surface area contributed by atoms with Gasteiger partial charge in [-0.25, -0.2) is 4.18 Å². The SMILES string of the molecule is CC(C)CC(=O)CC(C)C1CCC2C3CC(OC4OC(C)C(O)C(OC5OCC(OC6OC(CO)C(O)C(O)C6OC6OC(C)C(O)C(OC7OC(CO)C(O)C(O)C7O)C6O)C(O)C5OC5OC(C)C(O)C(O)C5O)C4O)C4CC(OS(=O)(=O)O)CCC4(C)C3=CCC12C. The molecule has 32 nitrogen and oxygen atoms in total. The Morgan fingerprint density at radius 1 is 0.537 bits per heavy atom. The summed E-state index contributed by atoms with van der Waals surface area (Å²) in [7, 11) is -4.89. The van der Waals surface area contributed by atoms with E-state index in [0.717, 1.165) is 19.3 Å². The first kappa shape index (κ1) is 75.9. The average molecular weight is 1390 g/mol. The standard InChI is InChI=1S/C62H102O32S/c1-22(2)15-27(65)16-23(3)30-9-10-31-29-18-34(33-17-28(94-95(79,80)81)11-13-62(33,8)32(29)12-14-61(30,31)7)86-57-49(77)52(40(68)25(5)84-57)91-59-53(92-55-47(75)44(72)38(66)24(4)83-55)43(71)37(21-82-59)89-60-54(46(74)42(70)36(20-64)88-60)93-58-50(78)51(39(67)26(6)85-58)90-56-48(76)45(73)41(69)35(19-63)87-56/h12,22-26,28-31,33-60,63-64,66-78H,9-11,13-21H2,1-8H3,(H,79,80,81). The zero-order chi connectivity index (χ0) is 69.4. The van der Waals surface area contributed by atoms with E-state index < -0.39 is 232 Å². The van der Waals surface area contributed by atoms with Crippen molar-refractivity contribution in [2.45, 2.75) is 304 Å². The smallest absolute Gasteiger partial charge is 0.394 e. The predicted molar refractivity (Wildman–Crippen MR) is 317 cm³/mol. The molecule has 0 aromatic heterocycles. The van der Waals surface area contributed by atoms with Crippen LogP contribution in [0.25, 0.3) is 0 Å². The second-order valence-electron chi connectivity index (χ2n) is 29.2. The molecule has 38 atom stereocenters. The summed E-state index contributed by atoms with van der Waals surface area (Å²) in [6.07, 6.45) is -46.4. The summed E-state index contributed by atoms with van der Waals surface area (Å²) in [4.78, 5) is 13.2. The van der Waals surface area contributed by atoms with Crippen molar-refractivity contribution in [2.75, 3.05) is 19.8 Å². The van der Waals surface area contributed by atoms with Gasteiger partial charge in [-0.2, -0.15) is 8.42 Å². The molecule has 0 aromatic rings. The third-order valence-corrected chi connectivity index (χ3v) is 22.9. The summed E-state index contributed by atoms with van der Waals surface area (Å²) in [6.45, 7) is 12.3. The van der Waals surface area contributed by atoms with Crippen molar-refractivity contribution in [3.8, 4) is 0 Å². The normalized spacial score (nSPS) is 51.7. The van der Waals surface area contributed by atoms with Gasteiger partial charge >= 0.3 is 10.4 Å². The summed E-state index contributed by atoms with van der Waals surface area (Å²) in [6, 6.07) is 0. The molecule has 38 unspecified atom stereocenters. The number of carbonyl (C=O) groups excluding carboxylic acids is 1. The molecule has 10 aliphatic rings. The highest BCUT2D eigenvalue weighted by Gasteiger charge is 2.63. The largest absolute Gasteiger partial charge is 0.397 e. The van der Waals surface area contributed by atoms with E-state index in [9.17, 15) is 94.4 Å². The summed E-state index contributed by atoms with van der Waals surface area (Å²) >= 11 is 0. The van der Waals surface area contributed by atoms with Crippen LogP contribution in [0.4, 0.5) is 0 Å². The molecular formula is C62H102O32S. The van der Waals surface area contributed by atoms with Gasteiger partial charge in [-0.3, -0.25) is 9.35 Å². The molecule has 0 spiro atoms. The van der Waals surface area contributed by atoms with Crippen LogP contribution >= 0.6 is 0 Å². The van der Waals surface area contributed by atoms with E-state index in [2.05, 4.69) is 26.8 Å². The van der Waals surface area contributed by atoms with Gasteiger partial charge in [-0.05, 0) is 112 Å². The van der Waals surface area contributed by atoms with Gasteiger partial charge in [-0.15, -0.1) is 0 Å². The molecule has 9 fully saturated rings. The Kier molecular flexibility index (Phi) is 24.2. The molecule has 0 bridgehead atoms. The molecule has 4 aliphatic carbocycles. The summed E-state index contributed by atoms with van der Waals surface area (Å²) in [5, 5.41) is 167. The number of hydrogen-bond donors (Lipinski definition) is 16. The number of aliphatic hydroxyl groups is 15. The summed E-state index contributed by atoms with van der Waals surface area (Å²) in [5.74, 6) is 0.421. The maximum absolute atomic E-state index is 13.2. The Labute approximate surface area is 551 Å². The third kappa shape index (κ3) is 15.3. The molecule has 6 saturated heterocycles. The molecule has 95 heavy (non-hydrogen) atoms. The summed E-state index contributed by atoms with van der Waals surface area (Å²) in [5.41, 5.74) is 0.408. The number of Topliss-reactive ketones (excluding diaryl/α,β-unsaturated/α-hetero) is 1. The molecule has 10 rings (SSSR count). The molecule has 0 radical (unpaired) electrons. The highest BCUT2D eigenvalue weighted by Crippen LogP contribution is 2.67. The molecule has 6 heterocycles. The van der Waals surface area contributed by atoms with E-state index >= 15 is 0 Å². The lowest BCUT2D eigenvalue weighted by Crippen LogP contribution is -2.67. The predicted octanol–water partition coefficient (Wildman–Crippen LogP) is -3.97. The molecule has 3 saturated carbocycles. The van der Waals surface area contributed by atoms with Gasteiger partial charge in [0.2, 0.25) is 0 Å². The van der Waals surface area contributed by atoms with Crippen LogP contribution in [0.15, 0.2) is 11.6 Å². The number of carbonyl (C=O) groups is 1. The van der Waals surface area contributed by atoms with Crippen molar-refractivity contribution < 1.29 is 155 Å². The minimum absolute atomic E-state index is 0.0583. The number of hydrogen-bond acceptors (Lipinski definition) is 31. The zero-order valence-electron chi connectivity index (χ0n) is 54.5. The van der Waals surface area contributed by atoms with Crippen molar-refractivity contribution in [3.63, 3.8) is 0 Å². The molecule has 0 amide bonds. The van der Waals surface area contributed by atoms with Gasteiger partial charge in [0.1, 0.15) is 128 Å². The quantitative estimate of drug-likeness (QED) is 0.0385. The fourth-order valence-electron chi connectivity index (χ4n) is 17.2. The topological polar surface area (TPSA) is 495 Å². The lowest BCUT2D eigenvalue weighted by molar-refractivity contribution is -0.402. The Morgan fingerprint density at radius 3 is 1.61 bits per heavy atom. The zero-order valence-corrected chi connectivity index (χ0v) is 55.3. The first-order valence-electron chi connectivity index (χ1n) is 33.4. The van der Waals surface area contributed by atoms with Crippen LogP contribution < -0.4 is 0 Å². The van der Waals surface area contributed by atoms with Gasteiger partial charge in [0.25, 0.3) is 0 Å². The van der Waals surface area contributed by atoms with E-state index in [1.807, 2.05) is 13.8 Å². The van der Waals surface area contributed by atoms with Gasteiger partial charge in [0.05, 0.1) is 50.3 Å². The van der Waals surface area contributed by atoms with Crippen molar-refractivity contribution in [1.29, 1.82) is 0 Å². The molecule has 0 aromatic carbocycles. The molecule has 16 N–H and O–H groups in total. The lowest BCUT2D eigenvalue weighted by atomic mass is 9.47. The minimum Gasteiger partial charge on any atom is -0.394 e. The fraction of sp³-hybridized carbons (Fsp3) is 0.952. The minimum atomic E-state index is -4.89. The van der Waals surface area contributed by atoms with Crippen LogP contribution in [0.5, 0.6) is 0 Å². The van der Waals surface area contributed by atoms with Gasteiger partial charge in [-0.1, -0.05) is 46.3 Å². The van der Waals surface area contributed by atoms with Gasteiger partial charge in [0, 0.05) is 12.8 Å². The highest BCUT2D eigenvalue weighted by atomic mass is 32.3. The monoisotopic (exact) mass is 1390 g/mol. The highest BCUT2D eigenvalue weighted by molar-refractivity contribution is 7.80. The second-order valence-corrected chi connectivity index (χ2v) is 30.2. The Morgan fingerprint density at radius 2 is 1.03 bits per heavy atom. The van der Waals surface area contributed by atoms with Crippen molar-refractivity contribution in [2.24, 2.45) is 46.3 Å². The van der Waals surface area contributed by atoms with Gasteiger partial charge in [0.15, 0.2) is 37.7 Å². The number of ketones is 1. The van der Waals surface area contributed by atoms with Crippen LogP contribution in [0.1, 0.15) is 113 Å². The van der Waals surface area contributed by atoms with E-state index in [4.69, 9.17) is 61.0 Å². The number of allylic oxidation sites excluding steroid dienone is 2. The maximum Gasteiger partial charge on any atom is 0.397 e. The summed E-state index contributed by atoms with van der Waals surface area (Å²) < 4.78 is 113. The fourth-order valence-corrected chi connectivity index (χ4v) is 17.7. The van der Waals surface area contributed by atoms with E-state index in [0.29, 0.717) is 25.7 Å². The van der Waals surface area contributed by atoms with Crippen LogP contribution in [-0.2, 0) is 76.2 Å². The Bertz CT molecular complexity index is 2700. The molecule has 548 valence electrons. The number of rotatable bonds is 21. The van der Waals surface area contributed by atoms with Crippen molar-refractivity contribution >= 4 is 16.2 Å². The van der Waals surface area contributed by atoms with E-state index in [1.54, 1.807) is 0 Å².